The molecule has 3 atom stereocenters. The summed E-state index contributed by atoms with van der Waals surface area (Å²) in [6.07, 6.45) is 17.9. The molecule has 0 saturated carbocycles. The van der Waals surface area contributed by atoms with Crippen molar-refractivity contribution in [1.29, 1.82) is 0 Å². The Bertz CT molecular complexity index is 561. The third kappa shape index (κ3) is 25.6. The van der Waals surface area contributed by atoms with Crippen molar-refractivity contribution in [2.24, 2.45) is 5.92 Å². The van der Waals surface area contributed by atoms with Gasteiger partial charge >= 0.3 is 5.97 Å². The average Bonchev–Trinajstić information content (AvgIpc) is 3.01. The molecule has 0 radical (unpaired) electrons. The molecule has 0 rings (SSSR count). The molecule has 0 heterocycles. The Morgan fingerprint density at radius 3 is 1.36 bits per heavy atom. The van der Waals surface area contributed by atoms with E-state index in [9.17, 15) is 20.1 Å². The molecule has 0 aromatic carbocycles. The van der Waals surface area contributed by atoms with Crippen molar-refractivity contribution >= 4 is 5.97 Å². The van der Waals surface area contributed by atoms with Gasteiger partial charge < -0.3 is 44.5 Å². The van der Waals surface area contributed by atoms with Gasteiger partial charge in [0.2, 0.25) is 0 Å². The lowest BCUT2D eigenvalue weighted by atomic mass is 10.0. The highest BCUT2D eigenvalue weighted by atomic mass is 16.6. The van der Waals surface area contributed by atoms with Crippen LogP contribution in [0.3, 0.4) is 0 Å². The zero-order valence-electron chi connectivity index (χ0n) is 26.5. The van der Waals surface area contributed by atoms with Gasteiger partial charge in [-0.05, 0) is 12.8 Å². The van der Waals surface area contributed by atoms with Crippen LogP contribution in [0.5, 0.6) is 0 Å². The molecule has 5 N–H and O–H groups in total. The second kappa shape index (κ2) is 31.6. The summed E-state index contributed by atoms with van der Waals surface area (Å²) >= 11 is 0. The van der Waals surface area contributed by atoms with E-state index in [1.54, 1.807) is 0 Å². The maximum atomic E-state index is 12.0. The molecule has 0 fully saturated rings. The van der Waals surface area contributed by atoms with Crippen LogP contribution in [0.15, 0.2) is 0 Å². The second-order valence-corrected chi connectivity index (χ2v) is 11.4. The molecular formula is C32H64O10. The highest BCUT2D eigenvalue weighted by Crippen LogP contribution is 2.14. The summed E-state index contributed by atoms with van der Waals surface area (Å²) in [6.45, 7) is 1.05. The summed E-state index contributed by atoms with van der Waals surface area (Å²) in [4.78, 5) is 12.0. The number of unbranched alkanes of at least 4 members (excludes halogenated alkanes) is 14. The van der Waals surface area contributed by atoms with Gasteiger partial charge in [0.25, 0.3) is 0 Å². The van der Waals surface area contributed by atoms with E-state index >= 15 is 0 Å². The molecule has 0 aromatic heterocycles. The molecule has 252 valence electrons. The summed E-state index contributed by atoms with van der Waals surface area (Å²) in [5.74, 6) is -0.477. The van der Waals surface area contributed by atoms with Gasteiger partial charge in [-0.2, -0.15) is 0 Å². The van der Waals surface area contributed by atoms with E-state index in [4.69, 9.17) is 29.2 Å². The van der Waals surface area contributed by atoms with E-state index in [0.717, 1.165) is 19.3 Å². The quantitative estimate of drug-likeness (QED) is 0.0547. The van der Waals surface area contributed by atoms with Crippen LogP contribution in [-0.2, 0) is 23.7 Å². The van der Waals surface area contributed by atoms with E-state index in [2.05, 4.69) is 6.92 Å². The van der Waals surface area contributed by atoms with Gasteiger partial charge in [-0.25, -0.2) is 0 Å². The van der Waals surface area contributed by atoms with Crippen LogP contribution in [0.4, 0.5) is 0 Å². The fraction of sp³-hybridized carbons (Fsp3) is 0.969. The largest absolute Gasteiger partial charge is 0.466 e. The van der Waals surface area contributed by atoms with Crippen molar-refractivity contribution < 1.29 is 49.3 Å². The minimum absolute atomic E-state index is 0.0135. The number of hydrogen-bond acceptors (Lipinski definition) is 10. The SMILES string of the molecule is CCCCCCCCCCCCCCCCCC(=O)OCCC(CO)COC(CO)COC(CO)COC(CO)CO. The lowest BCUT2D eigenvalue weighted by Gasteiger charge is -2.23. The van der Waals surface area contributed by atoms with E-state index in [-0.39, 0.29) is 71.3 Å². The Kier molecular flexibility index (Phi) is 30.9. The number of ether oxygens (including phenoxy) is 4. The molecule has 10 heteroatoms. The number of rotatable bonds is 33. The number of aliphatic hydroxyl groups is 5. The number of aliphatic hydroxyl groups excluding tert-OH is 5. The summed E-state index contributed by atoms with van der Waals surface area (Å²) < 4.78 is 21.7. The molecular weight excluding hydrogens is 544 g/mol. The van der Waals surface area contributed by atoms with Gasteiger partial charge in [-0.3, -0.25) is 4.79 Å². The third-order valence-corrected chi connectivity index (χ3v) is 7.45. The van der Waals surface area contributed by atoms with Crippen molar-refractivity contribution in [3.8, 4) is 0 Å². The monoisotopic (exact) mass is 608 g/mol. The predicted molar refractivity (Wildman–Crippen MR) is 163 cm³/mol. The first-order valence-corrected chi connectivity index (χ1v) is 16.6. The minimum atomic E-state index is -0.754. The molecule has 0 bridgehead atoms. The smallest absolute Gasteiger partial charge is 0.305 e. The minimum Gasteiger partial charge on any atom is -0.466 e. The number of carbonyl (C=O) groups excluding carboxylic acids is 1. The van der Waals surface area contributed by atoms with Crippen molar-refractivity contribution in [3.05, 3.63) is 0 Å². The van der Waals surface area contributed by atoms with Crippen molar-refractivity contribution in [2.75, 3.05) is 59.5 Å². The van der Waals surface area contributed by atoms with E-state index in [0.29, 0.717) is 12.8 Å². The lowest BCUT2D eigenvalue weighted by molar-refractivity contribution is -0.144. The Morgan fingerprint density at radius 1 is 0.524 bits per heavy atom. The first-order chi connectivity index (χ1) is 20.5. The van der Waals surface area contributed by atoms with Gasteiger partial charge in [-0.15, -0.1) is 0 Å². The molecule has 0 aliphatic heterocycles. The van der Waals surface area contributed by atoms with Gasteiger partial charge in [0.05, 0.1) is 52.9 Å². The van der Waals surface area contributed by atoms with E-state index < -0.39 is 18.3 Å². The molecule has 0 amide bonds. The van der Waals surface area contributed by atoms with Crippen LogP contribution in [0, 0.1) is 5.92 Å². The van der Waals surface area contributed by atoms with Crippen molar-refractivity contribution in [3.63, 3.8) is 0 Å². The standard InChI is InChI=1S/C32H64O10/c1-2-3-4-5-6-7-8-9-10-11-12-13-14-15-16-17-32(38)39-19-18-28(20-33)25-40-30(23-36)27-42-31(24-37)26-41-29(21-34)22-35/h28-31,33-37H,2-27H2,1H3. The van der Waals surface area contributed by atoms with Crippen LogP contribution in [-0.4, -0.2) is 109 Å². The highest BCUT2D eigenvalue weighted by Gasteiger charge is 2.18. The van der Waals surface area contributed by atoms with Gasteiger partial charge in [0.15, 0.2) is 0 Å². The fourth-order valence-electron chi connectivity index (χ4n) is 4.51. The second-order valence-electron chi connectivity index (χ2n) is 11.4. The predicted octanol–water partition coefficient (Wildman–Crippen LogP) is 3.91. The van der Waals surface area contributed by atoms with E-state index in [1.807, 2.05) is 0 Å². The topological polar surface area (TPSA) is 155 Å². The maximum Gasteiger partial charge on any atom is 0.305 e. The highest BCUT2D eigenvalue weighted by molar-refractivity contribution is 5.69. The summed E-state index contributed by atoms with van der Waals surface area (Å²) in [6, 6.07) is 0. The van der Waals surface area contributed by atoms with Crippen LogP contribution in [0.25, 0.3) is 0 Å². The van der Waals surface area contributed by atoms with Gasteiger partial charge in [0.1, 0.15) is 18.3 Å². The Morgan fingerprint density at radius 2 is 0.929 bits per heavy atom. The molecule has 0 saturated heterocycles. The molecule has 0 aliphatic rings. The zero-order valence-corrected chi connectivity index (χ0v) is 26.5. The number of hydrogen-bond donors (Lipinski definition) is 5. The molecule has 3 unspecified atom stereocenters. The molecule has 0 spiro atoms. The zero-order chi connectivity index (χ0) is 31.1. The van der Waals surface area contributed by atoms with Crippen LogP contribution in [0.2, 0.25) is 0 Å². The number of carbonyl (C=O) groups is 1. The molecule has 0 aromatic rings. The average molecular weight is 609 g/mol. The summed E-state index contributed by atoms with van der Waals surface area (Å²) in [5, 5.41) is 46.7. The summed E-state index contributed by atoms with van der Waals surface area (Å²) in [5.41, 5.74) is 0. The Balaban J connectivity index is 3.79. The normalized spacial score (nSPS) is 13.9. The molecule has 42 heavy (non-hydrogen) atoms. The van der Waals surface area contributed by atoms with Crippen LogP contribution < -0.4 is 0 Å². The fourth-order valence-corrected chi connectivity index (χ4v) is 4.51. The Hall–Kier alpha value is -0.850. The van der Waals surface area contributed by atoms with Gasteiger partial charge in [0, 0.05) is 18.9 Å². The van der Waals surface area contributed by atoms with Gasteiger partial charge in [-0.1, -0.05) is 96.8 Å². The van der Waals surface area contributed by atoms with Crippen LogP contribution >= 0.6 is 0 Å². The van der Waals surface area contributed by atoms with Crippen molar-refractivity contribution in [1.82, 2.24) is 0 Å². The maximum absolute atomic E-state index is 12.0. The molecule has 0 aliphatic carbocycles. The van der Waals surface area contributed by atoms with E-state index in [1.165, 1.54) is 77.0 Å². The van der Waals surface area contributed by atoms with Crippen LogP contribution in [0.1, 0.15) is 116 Å². The Labute approximate surface area is 255 Å². The first kappa shape index (κ1) is 41.1. The van der Waals surface area contributed by atoms with Crippen molar-refractivity contribution in [2.45, 2.75) is 134 Å². The number of esters is 1. The third-order valence-electron chi connectivity index (χ3n) is 7.45. The summed E-state index contributed by atoms with van der Waals surface area (Å²) in [7, 11) is 0. The first-order valence-electron chi connectivity index (χ1n) is 16.6. The lowest BCUT2D eigenvalue weighted by Crippen LogP contribution is -2.35. The molecule has 10 nitrogen and oxygen atoms in total.